The molecule has 0 radical (unpaired) electrons. The first-order chi connectivity index (χ1) is 29.7. The number of hydrogen-bond donors (Lipinski definition) is 0. The Labute approximate surface area is 357 Å². The van der Waals surface area contributed by atoms with Crippen LogP contribution in [0.4, 0.5) is 0 Å². The topological polar surface area (TPSA) is 77.3 Å². The van der Waals surface area contributed by atoms with Crippen LogP contribution in [0.2, 0.25) is 0 Å². The highest BCUT2D eigenvalue weighted by Gasteiger charge is 2.45. The molecule has 0 bridgehead atoms. The van der Waals surface area contributed by atoms with Crippen molar-refractivity contribution in [3.8, 4) is 0 Å². The van der Waals surface area contributed by atoms with E-state index in [0.717, 1.165) is 0 Å². The predicted octanol–water partition coefficient (Wildman–Crippen LogP) is 12.5. The lowest BCUT2D eigenvalue weighted by Gasteiger charge is -2.49. The van der Waals surface area contributed by atoms with Crippen molar-refractivity contribution in [2.45, 2.75) is 113 Å². The Morgan fingerprint density at radius 2 is 0.417 bits per heavy atom. The Morgan fingerprint density at radius 3 is 0.600 bits per heavy atom. The van der Waals surface area contributed by atoms with Gasteiger partial charge in [-0.15, -0.1) is 0 Å². The molecule has 306 valence electrons. The summed E-state index contributed by atoms with van der Waals surface area (Å²) >= 11 is 0. The molecule has 0 N–H and O–H groups in total. The lowest BCUT2D eigenvalue weighted by atomic mass is 9.56. The molecule has 10 rings (SSSR count). The second-order valence-corrected chi connectivity index (χ2v) is 19.3. The van der Waals surface area contributed by atoms with Crippen LogP contribution in [-0.4, -0.2) is 29.9 Å². The van der Waals surface area contributed by atoms with Crippen LogP contribution in [0.3, 0.4) is 0 Å². The fourth-order valence-electron chi connectivity index (χ4n) is 13.2. The summed E-state index contributed by atoms with van der Waals surface area (Å²) < 4.78 is 0. The van der Waals surface area contributed by atoms with Crippen LogP contribution >= 0.6 is 0 Å². The fourth-order valence-corrected chi connectivity index (χ4v) is 13.2. The van der Waals surface area contributed by atoms with Crippen molar-refractivity contribution in [3.63, 3.8) is 0 Å². The van der Waals surface area contributed by atoms with Gasteiger partial charge in [-0.1, -0.05) is 36.4 Å². The Bertz CT molecular complexity index is 1950. The van der Waals surface area contributed by atoms with E-state index in [9.17, 15) is 0 Å². The molecule has 4 aliphatic carbocycles. The van der Waals surface area contributed by atoms with Gasteiger partial charge in [-0.25, -0.2) is 0 Å². The van der Waals surface area contributed by atoms with Gasteiger partial charge in [0, 0.05) is 74.4 Å². The molecule has 4 fully saturated rings. The molecule has 0 saturated heterocycles. The van der Waals surface area contributed by atoms with Crippen molar-refractivity contribution in [3.05, 3.63) is 181 Å². The highest BCUT2D eigenvalue weighted by molar-refractivity contribution is 5.25. The van der Waals surface area contributed by atoms with Gasteiger partial charge in [0.25, 0.3) is 0 Å². The maximum Gasteiger partial charge on any atom is 0.0302 e. The van der Waals surface area contributed by atoms with E-state index in [-0.39, 0.29) is 0 Å². The van der Waals surface area contributed by atoms with Crippen molar-refractivity contribution in [2.75, 3.05) is 0 Å². The SMILES string of the molecule is c1cncc(C2CC(c3cccnc3)CC(C3CC(c4cccnc4)CC(C4CC(c5cccnc5)CC(C5CC(c6cccnc6)CC(c6cccnc6)C5)C4)C3)C2)c1. The molecule has 10 unspecified atom stereocenters. The lowest BCUT2D eigenvalue weighted by Crippen LogP contribution is -2.38. The first kappa shape index (κ1) is 39.1. The molecule has 6 nitrogen and oxygen atoms in total. The molecule has 0 spiro atoms. The average Bonchev–Trinajstić information content (AvgIpc) is 3.35. The number of aromatic nitrogens is 6. The Balaban J connectivity index is 0.977. The van der Waals surface area contributed by atoms with Crippen LogP contribution in [0.1, 0.15) is 146 Å². The molecule has 6 aromatic heterocycles. The molecule has 6 heterocycles. The lowest BCUT2D eigenvalue weighted by molar-refractivity contribution is 0.0533. The highest BCUT2D eigenvalue weighted by Crippen LogP contribution is 2.57. The smallest absolute Gasteiger partial charge is 0.0302 e. The van der Waals surface area contributed by atoms with Crippen LogP contribution in [0, 0.1) is 35.5 Å². The van der Waals surface area contributed by atoms with Gasteiger partial charge in [0.1, 0.15) is 0 Å². The second-order valence-electron chi connectivity index (χ2n) is 19.3. The van der Waals surface area contributed by atoms with Crippen molar-refractivity contribution >= 4 is 0 Å². The van der Waals surface area contributed by atoms with Gasteiger partial charge in [-0.3, -0.25) is 29.9 Å². The zero-order chi connectivity index (χ0) is 40.1. The summed E-state index contributed by atoms with van der Waals surface area (Å²) in [6.45, 7) is 0. The van der Waals surface area contributed by atoms with E-state index in [1.807, 2.05) is 37.2 Å². The van der Waals surface area contributed by atoms with Crippen molar-refractivity contribution in [1.29, 1.82) is 0 Å². The molecule has 10 atom stereocenters. The van der Waals surface area contributed by atoms with Crippen molar-refractivity contribution in [2.24, 2.45) is 35.5 Å². The van der Waals surface area contributed by atoms with E-state index < -0.39 is 0 Å². The molecule has 4 aliphatic rings. The number of rotatable bonds is 9. The number of nitrogens with zero attached hydrogens (tertiary/aromatic N) is 6. The van der Waals surface area contributed by atoms with E-state index in [1.54, 1.807) is 0 Å². The maximum absolute atomic E-state index is 4.70. The third-order valence-electron chi connectivity index (χ3n) is 16.0. The molecular weight excluding hydrogens is 733 g/mol. The monoisotopic (exact) mass is 792 g/mol. The normalized spacial score (nSPS) is 32.2. The summed E-state index contributed by atoms with van der Waals surface area (Å²) in [5.41, 5.74) is 8.51. The molecule has 60 heavy (non-hydrogen) atoms. The van der Waals surface area contributed by atoms with Crippen LogP contribution in [0.15, 0.2) is 147 Å². The standard InChI is InChI=1S/C54H60N6/c1-7-37(31-55-13-1)43-19-44(38-8-2-14-56-32-38)22-49(21-43)51-25-47(41-11-5-17-59-35-41)27-53(29-51)54-28-48(42-12-6-18-60-36-42)26-52(30-54)50-23-45(39-9-3-15-57-33-39)20-46(24-50)40-10-4-16-58-34-40/h1-18,31-36,43-54H,19-30H2. The molecular formula is C54H60N6. The third kappa shape index (κ3) is 8.85. The quantitative estimate of drug-likeness (QED) is 0.145. The first-order valence-electron chi connectivity index (χ1n) is 23.1. The van der Waals surface area contributed by atoms with Crippen LogP contribution in [-0.2, 0) is 0 Å². The minimum atomic E-state index is 0.515. The van der Waals surface area contributed by atoms with Gasteiger partial charge in [-0.05, 0) is 218 Å². The van der Waals surface area contributed by atoms with Gasteiger partial charge >= 0.3 is 0 Å². The molecule has 0 amide bonds. The largest absolute Gasteiger partial charge is 0.264 e. The minimum absolute atomic E-state index is 0.515. The summed E-state index contributed by atoms with van der Waals surface area (Å²) in [5, 5.41) is 0. The second kappa shape index (κ2) is 18.3. The summed E-state index contributed by atoms with van der Waals surface area (Å²) in [6, 6.07) is 26.9. The van der Waals surface area contributed by atoms with Gasteiger partial charge < -0.3 is 0 Å². The molecule has 4 saturated carbocycles. The van der Waals surface area contributed by atoms with E-state index in [0.29, 0.717) is 71.0 Å². The molecule has 0 aromatic carbocycles. The Hall–Kier alpha value is -5.10. The van der Waals surface area contributed by atoms with E-state index in [1.165, 1.54) is 110 Å². The molecule has 0 aliphatic heterocycles. The Morgan fingerprint density at radius 1 is 0.233 bits per heavy atom. The van der Waals surface area contributed by atoms with Crippen LogP contribution < -0.4 is 0 Å². The fraction of sp³-hybridized carbons (Fsp3) is 0.444. The zero-order valence-corrected chi connectivity index (χ0v) is 35.0. The number of pyridine rings is 6. The number of hydrogen-bond acceptors (Lipinski definition) is 6. The van der Waals surface area contributed by atoms with Gasteiger partial charge in [0.15, 0.2) is 0 Å². The maximum atomic E-state index is 4.70. The van der Waals surface area contributed by atoms with Crippen LogP contribution in [0.5, 0.6) is 0 Å². The summed E-state index contributed by atoms with van der Waals surface area (Å²) in [6.07, 6.45) is 39.6. The van der Waals surface area contributed by atoms with Gasteiger partial charge in [-0.2, -0.15) is 0 Å². The zero-order valence-electron chi connectivity index (χ0n) is 35.0. The third-order valence-corrected chi connectivity index (χ3v) is 16.0. The summed E-state index contributed by atoms with van der Waals surface area (Å²) in [7, 11) is 0. The van der Waals surface area contributed by atoms with E-state index in [4.69, 9.17) is 9.97 Å². The average molecular weight is 793 g/mol. The van der Waals surface area contributed by atoms with Crippen molar-refractivity contribution < 1.29 is 0 Å². The molecule has 6 aromatic rings. The first-order valence-corrected chi connectivity index (χ1v) is 23.1. The van der Waals surface area contributed by atoms with E-state index >= 15 is 0 Å². The van der Waals surface area contributed by atoms with E-state index in [2.05, 4.69) is 130 Å². The van der Waals surface area contributed by atoms with Crippen molar-refractivity contribution in [1.82, 2.24) is 29.9 Å². The Kier molecular flexibility index (Phi) is 11.9. The minimum Gasteiger partial charge on any atom is -0.264 e. The predicted molar refractivity (Wildman–Crippen MR) is 238 cm³/mol. The molecule has 6 heteroatoms. The summed E-state index contributed by atoms with van der Waals surface area (Å²) in [5.74, 6) is 7.14. The van der Waals surface area contributed by atoms with Gasteiger partial charge in [0.05, 0.1) is 0 Å². The van der Waals surface area contributed by atoms with Gasteiger partial charge in [0.2, 0.25) is 0 Å². The summed E-state index contributed by atoms with van der Waals surface area (Å²) in [4.78, 5) is 27.8. The highest BCUT2D eigenvalue weighted by atomic mass is 14.7. The van der Waals surface area contributed by atoms with Crippen LogP contribution in [0.25, 0.3) is 0 Å².